The molecule has 0 aromatic carbocycles. The van der Waals surface area contributed by atoms with Gasteiger partial charge in [0.25, 0.3) is 0 Å². The van der Waals surface area contributed by atoms with Crippen LogP contribution in [0.25, 0.3) is 0 Å². The molecular formula is C8H16O3S. The van der Waals surface area contributed by atoms with Crippen LogP contribution in [-0.2, 0) is 9.84 Å². The van der Waals surface area contributed by atoms with Gasteiger partial charge < -0.3 is 5.11 Å². The molecule has 0 unspecified atom stereocenters. The maximum absolute atomic E-state index is 11.2. The Hall–Kier alpha value is -0.0900. The number of aliphatic hydroxyl groups excluding tert-OH is 1. The Labute approximate surface area is 73.7 Å². The summed E-state index contributed by atoms with van der Waals surface area (Å²) < 4.78 is 22.4. The number of rotatable bonds is 4. The molecule has 0 aromatic rings. The van der Waals surface area contributed by atoms with E-state index >= 15 is 0 Å². The second-order valence-corrected chi connectivity index (χ2v) is 5.87. The normalized spacial score (nSPS) is 23.6. The van der Waals surface area contributed by atoms with E-state index in [1.54, 1.807) is 6.92 Å². The van der Waals surface area contributed by atoms with Gasteiger partial charge in [0.15, 0.2) is 9.84 Å². The predicted molar refractivity (Wildman–Crippen MR) is 47.7 cm³/mol. The molecule has 0 amide bonds. The van der Waals surface area contributed by atoms with Crippen LogP contribution in [0.1, 0.15) is 26.2 Å². The van der Waals surface area contributed by atoms with Crippen molar-refractivity contribution in [3.63, 3.8) is 0 Å². The van der Waals surface area contributed by atoms with E-state index < -0.39 is 21.2 Å². The lowest BCUT2D eigenvalue weighted by molar-refractivity contribution is 0.143. The minimum atomic E-state index is -3.07. The Morgan fingerprint density at radius 1 is 1.50 bits per heavy atom. The van der Waals surface area contributed by atoms with E-state index in [-0.39, 0.29) is 5.92 Å². The van der Waals surface area contributed by atoms with Crippen LogP contribution in [0.2, 0.25) is 0 Å². The van der Waals surface area contributed by atoms with Crippen LogP contribution in [0, 0.1) is 5.92 Å². The summed E-state index contributed by atoms with van der Waals surface area (Å²) in [6.07, 6.45) is 3.04. The fourth-order valence-corrected chi connectivity index (χ4v) is 2.87. The molecule has 4 heteroatoms. The Morgan fingerprint density at radius 3 is 2.25 bits per heavy atom. The second kappa shape index (κ2) is 3.34. The van der Waals surface area contributed by atoms with Gasteiger partial charge in [-0.15, -0.1) is 0 Å². The number of hydrogen-bond acceptors (Lipinski definition) is 3. The average molecular weight is 192 g/mol. The summed E-state index contributed by atoms with van der Waals surface area (Å²) in [5.41, 5.74) is 0. The smallest absolute Gasteiger partial charge is 0.152 e. The summed E-state index contributed by atoms with van der Waals surface area (Å²) in [5, 5.41) is 9.05. The molecule has 2 atom stereocenters. The minimum Gasteiger partial charge on any atom is -0.391 e. The highest BCUT2D eigenvalue weighted by atomic mass is 32.2. The van der Waals surface area contributed by atoms with Gasteiger partial charge in [0.1, 0.15) is 0 Å². The molecule has 1 fully saturated rings. The van der Waals surface area contributed by atoms with E-state index in [2.05, 4.69) is 0 Å². The molecule has 12 heavy (non-hydrogen) atoms. The van der Waals surface area contributed by atoms with Crippen molar-refractivity contribution in [1.29, 1.82) is 0 Å². The standard InChI is InChI=1S/C8H16O3S/c1-3-7(12(2,10)11)8(9)6-4-5-6/h6-9H,3-5H2,1-2H3/t7-,8-/m0/s1. The van der Waals surface area contributed by atoms with E-state index in [0.29, 0.717) is 6.42 Å². The van der Waals surface area contributed by atoms with Gasteiger partial charge in [-0.3, -0.25) is 0 Å². The van der Waals surface area contributed by atoms with E-state index in [1.807, 2.05) is 0 Å². The molecule has 72 valence electrons. The van der Waals surface area contributed by atoms with Crippen LogP contribution >= 0.6 is 0 Å². The van der Waals surface area contributed by atoms with E-state index in [4.69, 9.17) is 0 Å². The first-order valence-electron chi connectivity index (χ1n) is 4.33. The highest BCUT2D eigenvalue weighted by Crippen LogP contribution is 2.36. The summed E-state index contributed by atoms with van der Waals surface area (Å²) >= 11 is 0. The zero-order valence-electron chi connectivity index (χ0n) is 7.53. The third-order valence-electron chi connectivity index (χ3n) is 2.44. The van der Waals surface area contributed by atoms with Gasteiger partial charge in [-0.1, -0.05) is 6.92 Å². The lowest BCUT2D eigenvalue weighted by Gasteiger charge is -2.18. The number of aliphatic hydroxyl groups is 1. The van der Waals surface area contributed by atoms with Crippen LogP contribution in [-0.4, -0.2) is 31.1 Å². The maximum atomic E-state index is 11.2. The predicted octanol–water partition coefficient (Wildman–Crippen LogP) is 0.581. The minimum absolute atomic E-state index is 0.240. The largest absolute Gasteiger partial charge is 0.391 e. The Bertz CT molecular complexity index is 241. The molecule has 1 aliphatic rings. The Kier molecular flexibility index (Phi) is 2.78. The summed E-state index contributed by atoms with van der Waals surface area (Å²) in [7, 11) is -3.07. The van der Waals surface area contributed by atoms with Gasteiger partial charge in [0.05, 0.1) is 11.4 Å². The van der Waals surface area contributed by atoms with Crippen LogP contribution in [0.4, 0.5) is 0 Å². The third kappa shape index (κ3) is 2.20. The molecule has 0 aromatic heterocycles. The first-order chi connectivity index (χ1) is 5.46. The molecule has 0 aliphatic heterocycles. The van der Waals surface area contributed by atoms with Crippen LogP contribution in [0.3, 0.4) is 0 Å². The van der Waals surface area contributed by atoms with Crippen molar-refractivity contribution in [2.24, 2.45) is 5.92 Å². The van der Waals surface area contributed by atoms with Gasteiger partial charge >= 0.3 is 0 Å². The number of sulfone groups is 1. The highest BCUT2D eigenvalue weighted by Gasteiger charge is 2.38. The van der Waals surface area contributed by atoms with Crippen LogP contribution in [0.15, 0.2) is 0 Å². The molecular weight excluding hydrogens is 176 g/mol. The molecule has 1 rings (SSSR count). The van der Waals surface area contributed by atoms with Crippen molar-refractivity contribution in [2.45, 2.75) is 37.5 Å². The first kappa shape index (κ1) is 9.99. The van der Waals surface area contributed by atoms with Crippen molar-refractivity contribution in [3.8, 4) is 0 Å². The number of hydrogen-bond donors (Lipinski definition) is 1. The molecule has 1 N–H and O–H groups in total. The second-order valence-electron chi connectivity index (χ2n) is 3.60. The summed E-state index contributed by atoms with van der Waals surface area (Å²) in [6, 6.07) is 0. The van der Waals surface area contributed by atoms with Crippen molar-refractivity contribution < 1.29 is 13.5 Å². The molecule has 3 nitrogen and oxygen atoms in total. The summed E-state index contributed by atoms with van der Waals surface area (Å²) in [4.78, 5) is 0. The zero-order chi connectivity index (χ0) is 9.35. The van der Waals surface area contributed by atoms with E-state index in [1.165, 1.54) is 6.26 Å². The monoisotopic (exact) mass is 192 g/mol. The van der Waals surface area contributed by atoms with Crippen molar-refractivity contribution in [2.75, 3.05) is 6.26 Å². The molecule has 0 spiro atoms. The van der Waals surface area contributed by atoms with Gasteiger partial charge in [-0.05, 0) is 25.2 Å². The molecule has 0 bridgehead atoms. The molecule has 1 aliphatic carbocycles. The van der Waals surface area contributed by atoms with Crippen molar-refractivity contribution in [3.05, 3.63) is 0 Å². The quantitative estimate of drug-likeness (QED) is 0.709. The summed E-state index contributed by atoms with van der Waals surface area (Å²) in [6.45, 7) is 1.80. The Morgan fingerprint density at radius 2 is 2.00 bits per heavy atom. The SMILES string of the molecule is CC[C@@H]([C@@H](O)C1CC1)S(C)(=O)=O. The summed E-state index contributed by atoms with van der Waals surface area (Å²) in [5.74, 6) is 0.240. The molecule has 1 saturated carbocycles. The topological polar surface area (TPSA) is 54.4 Å². The highest BCUT2D eigenvalue weighted by molar-refractivity contribution is 7.91. The third-order valence-corrected chi connectivity index (χ3v) is 4.15. The van der Waals surface area contributed by atoms with Gasteiger partial charge in [-0.25, -0.2) is 8.42 Å². The van der Waals surface area contributed by atoms with Crippen molar-refractivity contribution >= 4 is 9.84 Å². The van der Waals surface area contributed by atoms with Gasteiger partial charge in [0.2, 0.25) is 0 Å². The van der Waals surface area contributed by atoms with Gasteiger partial charge in [-0.2, -0.15) is 0 Å². The van der Waals surface area contributed by atoms with Gasteiger partial charge in [0, 0.05) is 6.26 Å². The van der Waals surface area contributed by atoms with Crippen LogP contribution in [0.5, 0.6) is 0 Å². The van der Waals surface area contributed by atoms with Crippen LogP contribution < -0.4 is 0 Å². The molecule has 0 saturated heterocycles. The molecule has 0 heterocycles. The first-order valence-corrected chi connectivity index (χ1v) is 6.29. The van der Waals surface area contributed by atoms with E-state index in [9.17, 15) is 13.5 Å². The average Bonchev–Trinajstić information content (AvgIpc) is 2.65. The lowest BCUT2D eigenvalue weighted by atomic mass is 10.1. The fraction of sp³-hybridized carbons (Fsp3) is 1.00. The van der Waals surface area contributed by atoms with Crippen molar-refractivity contribution in [1.82, 2.24) is 0 Å². The molecule has 0 radical (unpaired) electrons. The lowest BCUT2D eigenvalue weighted by Crippen LogP contribution is -2.34. The Balaban J connectivity index is 2.67. The van der Waals surface area contributed by atoms with E-state index in [0.717, 1.165) is 12.8 Å². The fourth-order valence-electron chi connectivity index (χ4n) is 1.54. The maximum Gasteiger partial charge on any atom is 0.152 e. The zero-order valence-corrected chi connectivity index (χ0v) is 8.34.